The monoisotopic (exact) mass is 245 g/mol. The normalized spacial score (nSPS) is 10.3. The van der Waals surface area contributed by atoms with Gasteiger partial charge in [0.2, 0.25) is 0 Å². The van der Waals surface area contributed by atoms with Gasteiger partial charge in [0.15, 0.2) is 5.82 Å². The Morgan fingerprint density at radius 1 is 1.33 bits per heavy atom. The van der Waals surface area contributed by atoms with Crippen LogP contribution in [0.3, 0.4) is 0 Å². The summed E-state index contributed by atoms with van der Waals surface area (Å²) in [5, 5.41) is 6.87. The molecule has 0 bridgehead atoms. The fraction of sp³-hybridized carbons (Fsp3) is 0.308. The van der Waals surface area contributed by atoms with Crippen molar-refractivity contribution in [3.63, 3.8) is 0 Å². The van der Waals surface area contributed by atoms with E-state index in [0.717, 1.165) is 17.0 Å². The van der Waals surface area contributed by atoms with Crippen LogP contribution in [0.2, 0.25) is 0 Å². The Hall–Kier alpha value is -2.17. The Morgan fingerprint density at radius 3 is 2.61 bits per heavy atom. The van der Waals surface area contributed by atoms with Crippen LogP contribution in [0.1, 0.15) is 18.3 Å². The summed E-state index contributed by atoms with van der Waals surface area (Å²) >= 11 is 0. The van der Waals surface area contributed by atoms with Crippen molar-refractivity contribution in [2.75, 3.05) is 6.61 Å². The summed E-state index contributed by atoms with van der Waals surface area (Å²) in [6.07, 6.45) is 0.293. The van der Waals surface area contributed by atoms with Crippen LogP contribution in [0.4, 0.5) is 0 Å². The predicted octanol–water partition coefficient (Wildman–Crippen LogP) is 1.89. The number of carbonyl (C=O) groups excluding carboxylic acids is 1. The lowest BCUT2D eigenvalue weighted by Gasteiger charge is -2.02. The average molecular weight is 245 g/mol. The molecule has 0 aliphatic rings. The van der Waals surface area contributed by atoms with Gasteiger partial charge in [0, 0.05) is 5.56 Å². The molecule has 0 aliphatic carbocycles. The Labute approximate surface area is 105 Å². The first-order valence-electron chi connectivity index (χ1n) is 5.83. The maximum absolute atomic E-state index is 11.3. The van der Waals surface area contributed by atoms with Gasteiger partial charge in [0.1, 0.15) is 5.82 Å². The standard InChI is InChI=1S/C13H15N3O2/c1-3-18-12(17)8-10-4-6-11(7-5-10)13-14-9(2)15-16-13/h4-7H,3,8H2,1-2H3,(H,14,15,16). The molecule has 0 atom stereocenters. The van der Waals surface area contributed by atoms with E-state index < -0.39 is 0 Å². The van der Waals surface area contributed by atoms with E-state index in [1.807, 2.05) is 31.2 Å². The molecule has 1 aromatic heterocycles. The lowest BCUT2D eigenvalue weighted by Crippen LogP contribution is -2.07. The van der Waals surface area contributed by atoms with Gasteiger partial charge in [-0.25, -0.2) is 4.98 Å². The van der Waals surface area contributed by atoms with Gasteiger partial charge in [0.25, 0.3) is 0 Å². The second-order valence-electron chi connectivity index (χ2n) is 3.92. The molecule has 0 fully saturated rings. The van der Waals surface area contributed by atoms with Crippen molar-refractivity contribution in [2.24, 2.45) is 0 Å². The van der Waals surface area contributed by atoms with Crippen molar-refractivity contribution in [1.29, 1.82) is 0 Å². The van der Waals surface area contributed by atoms with Crippen molar-refractivity contribution in [2.45, 2.75) is 20.3 Å². The van der Waals surface area contributed by atoms with Gasteiger partial charge in [-0.3, -0.25) is 9.89 Å². The third-order valence-corrected chi connectivity index (χ3v) is 2.46. The molecule has 0 amide bonds. The number of benzene rings is 1. The number of hydrogen-bond acceptors (Lipinski definition) is 4. The number of esters is 1. The number of aryl methyl sites for hydroxylation is 1. The number of carbonyl (C=O) groups is 1. The second kappa shape index (κ2) is 5.44. The van der Waals surface area contributed by atoms with Gasteiger partial charge in [-0.2, -0.15) is 5.10 Å². The van der Waals surface area contributed by atoms with Crippen LogP contribution in [0.15, 0.2) is 24.3 Å². The molecule has 2 aromatic rings. The zero-order chi connectivity index (χ0) is 13.0. The van der Waals surface area contributed by atoms with Crippen molar-refractivity contribution in [1.82, 2.24) is 15.2 Å². The zero-order valence-electron chi connectivity index (χ0n) is 10.4. The summed E-state index contributed by atoms with van der Waals surface area (Å²) in [7, 11) is 0. The highest BCUT2D eigenvalue weighted by Gasteiger charge is 2.06. The quantitative estimate of drug-likeness (QED) is 0.835. The number of hydrogen-bond donors (Lipinski definition) is 1. The van der Waals surface area contributed by atoms with Crippen molar-refractivity contribution < 1.29 is 9.53 Å². The summed E-state index contributed by atoms with van der Waals surface area (Å²) < 4.78 is 4.90. The van der Waals surface area contributed by atoms with Crippen molar-refractivity contribution in [3.05, 3.63) is 35.7 Å². The minimum Gasteiger partial charge on any atom is -0.466 e. The molecular formula is C13H15N3O2. The van der Waals surface area contributed by atoms with Gasteiger partial charge < -0.3 is 4.74 Å². The summed E-state index contributed by atoms with van der Waals surface area (Å²) in [4.78, 5) is 15.6. The first-order chi connectivity index (χ1) is 8.69. The van der Waals surface area contributed by atoms with E-state index in [0.29, 0.717) is 18.9 Å². The van der Waals surface area contributed by atoms with Crippen LogP contribution in [0.5, 0.6) is 0 Å². The third-order valence-electron chi connectivity index (χ3n) is 2.46. The minimum absolute atomic E-state index is 0.209. The third kappa shape index (κ3) is 2.94. The number of nitrogens with zero attached hydrogens (tertiary/aromatic N) is 2. The highest BCUT2D eigenvalue weighted by Crippen LogP contribution is 2.15. The first-order valence-corrected chi connectivity index (χ1v) is 5.83. The number of ether oxygens (including phenoxy) is 1. The van der Waals surface area contributed by atoms with Crippen LogP contribution >= 0.6 is 0 Å². The van der Waals surface area contributed by atoms with Crippen LogP contribution in [-0.4, -0.2) is 27.8 Å². The van der Waals surface area contributed by atoms with E-state index in [1.165, 1.54) is 0 Å². The average Bonchev–Trinajstić information content (AvgIpc) is 2.77. The Kier molecular flexibility index (Phi) is 3.72. The topological polar surface area (TPSA) is 67.9 Å². The molecule has 5 nitrogen and oxygen atoms in total. The molecule has 0 saturated carbocycles. The van der Waals surface area contributed by atoms with Gasteiger partial charge in [-0.1, -0.05) is 24.3 Å². The maximum atomic E-state index is 11.3. The largest absolute Gasteiger partial charge is 0.466 e. The summed E-state index contributed by atoms with van der Waals surface area (Å²) in [6, 6.07) is 7.57. The molecule has 1 N–H and O–H groups in total. The molecular weight excluding hydrogens is 230 g/mol. The molecule has 5 heteroatoms. The van der Waals surface area contributed by atoms with E-state index in [4.69, 9.17) is 4.74 Å². The fourth-order valence-corrected chi connectivity index (χ4v) is 1.62. The number of H-pyrrole nitrogens is 1. The Bertz CT molecular complexity index is 531. The molecule has 0 radical (unpaired) electrons. The van der Waals surface area contributed by atoms with Gasteiger partial charge in [-0.05, 0) is 19.4 Å². The number of rotatable bonds is 4. The van der Waals surface area contributed by atoms with Crippen LogP contribution < -0.4 is 0 Å². The zero-order valence-corrected chi connectivity index (χ0v) is 10.4. The van der Waals surface area contributed by atoms with E-state index in [9.17, 15) is 4.79 Å². The van der Waals surface area contributed by atoms with Crippen LogP contribution in [-0.2, 0) is 16.0 Å². The summed E-state index contributed by atoms with van der Waals surface area (Å²) in [5.41, 5.74) is 1.84. The molecule has 0 saturated heterocycles. The van der Waals surface area contributed by atoms with Crippen molar-refractivity contribution >= 4 is 5.97 Å². The van der Waals surface area contributed by atoms with Gasteiger partial charge in [-0.15, -0.1) is 0 Å². The Morgan fingerprint density at radius 2 is 2.06 bits per heavy atom. The van der Waals surface area contributed by atoms with E-state index in [2.05, 4.69) is 15.2 Å². The predicted molar refractivity (Wildman–Crippen MR) is 66.9 cm³/mol. The molecule has 0 unspecified atom stereocenters. The smallest absolute Gasteiger partial charge is 0.310 e. The number of aromatic nitrogens is 3. The van der Waals surface area contributed by atoms with Gasteiger partial charge >= 0.3 is 5.97 Å². The van der Waals surface area contributed by atoms with Crippen molar-refractivity contribution in [3.8, 4) is 11.4 Å². The molecule has 0 spiro atoms. The Balaban J connectivity index is 2.08. The second-order valence-corrected chi connectivity index (χ2v) is 3.92. The van der Waals surface area contributed by atoms with E-state index in [-0.39, 0.29) is 5.97 Å². The molecule has 18 heavy (non-hydrogen) atoms. The molecule has 0 aliphatic heterocycles. The molecule has 1 aromatic carbocycles. The molecule has 1 heterocycles. The maximum Gasteiger partial charge on any atom is 0.310 e. The summed E-state index contributed by atoms with van der Waals surface area (Å²) in [5.74, 6) is 1.23. The highest BCUT2D eigenvalue weighted by molar-refractivity contribution is 5.72. The summed E-state index contributed by atoms with van der Waals surface area (Å²) in [6.45, 7) is 4.06. The fourth-order valence-electron chi connectivity index (χ4n) is 1.62. The lowest BCUT2D eigenvalue weighted by molar-refractivity contribution is -0.142. The van der Waals surface area contributed by atoms with E-state index in [1.54, 1.807) is 6.92 Å². The minimum atomic E-state index is -0.209. The number of aromatic amines is 1. The SMILES string of the molecule is CCOC(=O)Cc1ccc(-c2n[nH]c(C)n2)cc1. The molecule has 94 valence electrons. The number of nitrogens with one attached hydrogen (secondary N) is 1. The van der Waals surface area contributed by atoms with Crippen LogP contribution in [0.25, 0.3) is 11.4 Å². The van der Waals surface area contributed by atoms with Crippen LogP contribution in [0, 0.1) is 6.92 Å². The van der Waals surface area contributed by atoms with E-state index >= 15 is 0 Å². The molecule has 2 rings (SSSR count). The lowest BCUT2D eigenvalue weighted by atomic mass is 10.1. The highest BCUT2D eigenvalue weighted by atomic mass is 16.5. The van der Waals surface area contributed by atoms with Gasteiger partial charge in [0.05, 0.1) is 13.0 Å². The first kappa shape index (κ1) is 12.3.